The molecule has 0 fully saturated rings. The number of aliphatic hydroxyl groups is 1. The van der Waals surface area contributed by atoms with Gasteiger partial charge in [-0.25, -0.2) is 0 Å². The summed E-state index contributed by atoms with van der Waals surface area (Å²) in [7, 11) is 0. The molecule has 0 amide bonds. The van der Waals surface area contributed by atoms with E-state index in [0.29, 0.717) is 26.4 Å². The standard InChI is InChI=1S/C16H26BrNO3/c1-12(2)21-9-8-20-11-16(19)10-18-13(3)14-4-6-15(17)7-5-14/h4-7,12-13,16,18-19H,8-11H2,1-3H3/t13-,16?/m0/s1. The summed E-state index contributed by atoms with van der Waals surface area (Å²) in [6, 6.07) is 8.35. The van der Waals surface area contributed by atoms with E-state index in [-0.39, 0.29) is 12.1 Å². The molecule has 1 aromatic rings. The Kier molecular flexibility index (Phi) is 9.11. The number of hydrogen-bond donors (Lipinski definition) is 2. The first kappa shape index (κ1) is 18.6. The van der Waals surface area contributed by atoms with Gasteiger partial charge in [-0.15, -0.1) is 0 Å². The van der Waals surface area contributed by atoms with Gasteiger partial charge in [0.2, 0.25) is 0 Å². The Morgan fingerprint density at radius 1 is 1.14 bits per heavy atom. The van der Waals surface area contributed by atoms with Crippen molar-refractivity contribution in [1.29, 1.82) is 0 Å². The molecular formula is C16H26BrNO3. The van der Waals surface area contributed by atoms with Crippen LogP contribution < -0.4 is 5.32 Å². The highest BCUT2D eigenvalue weighted by atomic mass is 79.9. The van der Waals surface area contributed by atoms with Crippen LogP contribution >= 0.6 is 15.9 Å². The summed E-state index contributed by atoms with van der Waals surface area (Å²) in [5, 5.41) is 13.2. The van der Waals surface area contributed by atoms with E-state index < -0.39 is 6.10 Å². The average Bonchev–Trinajstić information content (AvgIpc) is 2.44. The molecule has 0 heterocycles. The van der Waals surface area contributed by atoms with E-state index in [1.807, 2.05) is 26.0 Å². The lowest BCUT2D eigenvalue weighted by Crippen LogP contribution is -2.32. The van der Waals surface area contributed by atoms with Crippen molar-refractivity contribution in [3.8, 4) is 0 Å². The van der Waals surface area contributed by atoms with Crippen LogP contribution in [0.5, 0.6) is 0 Å². The van der Waals surface area contributed by atoms with E-state index in [1.165, 1.54) is 5.56 Å². The molecule has 0 saturated heterocycles. The van der Waals surface area contributed by atoms with Crippen LogP contribution in [0.15, 0.2) is 28.7 Å². The van der Waals surface area contributed by atoms with Gasteiger partial charge in [0, 0.05) is 17.1 Å². The second-order valence-corrected chi connectivity index (χ2v) is 6.25. The van der Waals surface area contributed by atoms with Crippen LogP contribution in [0.25, 0.3) is 0 Å². The molecule has 0 spiro atoms. The molecule has 0 aliphatic heterocycles. The molecule has 0 aliphatic carbocycles. The number of benzene rings is 1. The summed E-state index contributed by atoms with van der Waals surface area (Å²) < 4.78 is 11.8. The van der Waals surface area contributed by atoms with Gasteiger partial charge in [0.15, 0.2) is 0 Å². The predicted molar refractivity (Wildman–Crippen MR) is 88.5 cm³/mol. The minimum Gasteiger partial charge on any atom is -0.389 e. The van der Waals surface area contributed by atoms with E-state index in [4.69, 9.17) is 9.47 Å². The minimum atomic E-state index is -0.512. The molecule has 1 aromatic carbocycles. The molecule has 2 N–H and O–H groups in total. The smallest absolute Gasteiger partial charge is 0.0897 e. The summed E-state index contributed by atoms with van der Waals surface area (Å²) >= 11 is 3.42. The SMILES string of the molecule is CC(C)OCCOCC(O)CN[C@@H](C)c1ccc(Br)cc1. The third-order valence-corrected chi connectivity index (χ3v) is 3.55. The third-order valence-electron chi connectivity index (χ3n) is 3.02. The molecule has 1 unspecified atom stereocenters. The zero-order valence-corrected chi connectivity index (χ0v) is 14.6. The molecule has 0 radical (unpaired) electrons. The summed E-state index contributed by atoms with van der Waals surface area (Å²) in [6.45, 7) is 7.95. The summed E-state index contributed by atoms with van der Waals surface area (Å²) in [5.74, 6) is 0. The molecule has 0 bridgehead atoms. The normalized spacial score (nSPS) is 14.4. The van der Waals surface area contributed by atoms with E-state index in [9.17, 15) is 5.11 Å². The molecule has 4 nitrogen and oxygen atoms in total. The Balaban J connectivity index is 2.14. The quantitative estimate of drug-likeness (QED) is 0.630. The van der Waals surface area contributed by atoms with Crippen molar-refractivity contribution in [2.75, 3.05) is 26.4 Å². The Hall–Kier alpha value is -0.460. The van der Waals surface area contributed by atoms with Crippen LogP contribution in [0.3, 0.4) is 0 Å². The minimum absolute atomic E-state index is 0.192. The van der Waals surface area contributed by atoms with Gasteiger partial charge in [0.1, 0.15) is 0 Å². The lowest BCUT2D eigenvalue weighted by atomic mass is 10.1. The van der Waals surface area contributed by atoms with Gasteiger partial charge < -0.3 is 19.9 Å². The van der Waals surface area contributed by atoms with E-state index in [1.54, 1.807) is 0 Å². The van der Waals surface area contributed by atoms with Crippen LogP contribution in [0.4, 0.5) is 0 Å². The molecule has 120 valence electrons. The van der Waals surface area contributed by atoms with Gasteiger partial charge >= 0.3 is 0 Å². The summed E-state index contributed by atoms with van der Waals surface area (Å²) in [5.41, 5.74) is 1.19. The van der Waals surface area contributed by atoms with Crippen molar-refractivity contribution in [2.24, 2.45) is 0 Å². The first-order valence-corrected chi connectivity index (χ1v) is 8.14. The van der Waals surface area contributed by atoms with Crippen LogP contribution in [-0.2, 0) is 9.47 Å². The largest absolute Gasteiger partial charge is 0.389 e. The van der Waals surface area contributed by atoms with E-state index in [0.717, 1.165) is 4.47 Å². The van der Waals surface area contributed by atoms with Gasteiger partial charge in [0.05, 0.1) is 32.0 Å². The molecule has 0 saturated carbocycles. The average molecular weight is 360 g/mol. The number of aliphatic hydroxyl groups excluding tert-OH is 1. The van der Waals surface area contributed by atoms with Crippen molar-refractivity contribution in [3.63, 3.8) is 0 Å². The van der Waals surface area contributed by atoms with Crippen molar-refractivity contribution in [1.82, 2.24) is 5.32 Å². The monoisotopic (exact) mass is 359 g/mol. The van der Waals surface area contributed by atoms with Crippen molar-refractivity contribution >= 4 is 15.9 Å². The van der Waals surface area contributed by atoms with Crippen LogP contribution in [0.1, 0.15) is 32.4 Å². The Labute approximate surface area is 136 Å². The Morgan fingerprint density at radius 2 is 1.81 bits per heavy atom. The van der Waals surface area contributed by atoms with Gasteiger partial charge in [0.25, 0.3) is 0 Å². The van der Waals surface area contributed by atoms with Gasteiger partial charge in [-0.2, -0.15) is 0 Å². The number of ether oxygens (including phenoxy) is 2. The molecule has 2 atom stereocenters. The fourth-order valence-corrected chi connectivity index (χ4v) is 2.07. The maximum atomic E-state index is 9.86. The molecule has 0 aliphatic rings. The zero-order valence-electron chi connectivity index (χ0n) is 13.0. The molecular weight excluding hydrogens is 334 g/mol. The van der Waals surface area contributed by atoms with Crippen molar-refractivity contribution in [3.05, 3.63) is 34.3 Å². The first-order valence-electron chi connectivity index (χ1n) is 7.35. The van der Waals surface area contributed by atoms with Crippen LogP contribution in [-0.4, -0.2) is 43.7 Å². The Morgan fingerprint density at radius 3 is 2.43 bits per heavy atom. The zero-order chi connectivity index (χ0) is 15.7. The molecule has 0 aromatic heterocycles. The first-order chi connectivity index (χ1) is 9.99. The summed E-state index contributed by atoms with van der Waals surface area (Å²) in [6.07, 6.45) is -0.297. The fraction of sp³-hybridized carbons (Fsp3) is 0.625. The second-order valence-electron chi connectivity index (χ2n) is 5.33. The van der Waals surface area contributed by atoms with Gasteiger partial charge in [-0.3, -0.25) is 0 Å². The van der Waals surface area contributed by atoms with E-state index in [2.05, 4.69) is 40.3 Å². The molecule has 5 heteroatoms. The lowest BCUT2D eigenvalue weighted by Gasteiger charge is -2.18. The van der Waals surface area contributed by atoms with Crippen molar-refractivity contribution < 1.29 is 14.6 Å². The van der Waals surface area contributed by atoms with Crippen LogP contribution in [0.2, 0.25) is 0 Å². The molecule has 1 rings (SSSR count). The highest BCUT2D eigenvalue weighted by Crippen LogP contribution is 2.16. The number of nitrogens with one attached hydrogen (secondary N) is 1. The predicted octanol–water partition coefficient (Wildman–Crippen LogP) is 2.90. The summed E-state index contributed by atoms with van der Waals surface area (Å²) in [4.78, 5) is 0. The highest BCUT2D eigenvalue weighted by Gasteiger charge is 2.09. The number of hydrogen-bond acceptors (Lipinski definition) is 4. The fourth-order valence-electron chi connectivity index (χ4n) is 1.80. The lowest BCUT2D eigenvalue weighted by molar-refractivity contribution is -0.0104. The Bertz CT molecular complexity index is 384. The third kappa shape index (κ3) is 8.53. The van der Waals surface area contributed by atoms with Gasteiger partial charge in [-0.05, 0) is 38.5 Å². The van der Waals surface area contributed by atoms with E-state index >= 15 is 0 Å². The molecule has 21 heavy (non-hydrogen) atoms. The maximum absolute atomic E-state index is 9.86. The number of halogens is 1. The van der Waals surface area contributed by atoms with Crippen LogP contribution in [0, 0.1) is 0 Å². The number of rotatable bonds is 10. The maximum Gasteiger partial charge on any atom is 0.0897 e. The topological polar surface area (TPSA) is 50.7 Å². The highest BCUT2D eigenvalue weighted by molar-refractivity contribution is 9.10. The second kappa shape index (κ2) is 10.3. The van der Waals surface area contributed by atoms with Gasteiger partial charge in [-0.1, -0.05) is 28.1 Å². The van der Waals surface area contributed by atoms with Crippen molar-refractivity contribution in [2.45, 2.75) is 39.0 Å².